The Morgan fingerprint density at radius 3 is 2.60 bits per heavy atom. The molecule has 138 valence electrons. The van der Waals surface area contributed by atoms with Gasteiger partial charge in [-0.05, 0) is 6.07 Å². The number of hydrogen-bond donors (Lipinski definition) is 0. The van der Waals surface area contributed by atoms with E-state index >= 15 is 0 Å². The maximum absolute atomic E-state index is 13.8. The molecule has 25 heavy (non-hydrogen) atoms. The zero-order chi connectivity index (χ0) is 18.0. The van der Waals surface area contributed by atoms with Crippen LogP contribution in [0.15, 0.2) is 18.2 Å². The number of likely N-dealkylation sites (tertiary alicyclic amines) is 1. The van der Waals surface area contributed by atoms with E-state index in [1.807, 2.05) is 4.90 Å². The highest BCUT2D eigenvalue weighted by molar-refractivity contribution is 5.81. The van der Waals surface area contributed by atoms with Gasteiger partial charge in [0.15, 0.2) is 0 Å². The van der Waals surface area contributed by atoms with Crippen LogP contribution in [0.25, 0.3) is 0 Å². The van der Waals surface area contributed by atoms with E-state index < -0.39 is 23.7 Å². The molecule has 2 aliphatic heterocycles. The topological polar surface area (TPSA) is 32.8 Å². The first-order valence-corrected chi connectivity index (χ1v) is 8.28. The SMILES string of the molecule is O=C(C1CN(Cc2ccc(F)cc2F)CCO1)N1CCC(F)(F)CC1. The standard InChI is InChI=1S/C17H20F4N2O2/c18-13-2-1-12(14(19)9-13)10-22-7-8-25-15(11-22)16(24)23-5-3-17(20,21)4-6-23/h1-2,9,15H,3-8,10-11H2. The molecule has 4 nitrogen and oxygen atoms in total. The molecule has 1 aromatic carbocycles. The van der Waals surface area contributed by atoms with Gasteiger partial charge < -0.3 is 9.64 Å². The minimum absolute atomic E-state index is 0.0122. The summed E-state index contributed by atoms with van der Waals surface area (Å²) in [5.74, 6) is -4.29. The van der Waals surface area contributed by atoms with Crippen LogP contribution in [0.3, 0.4) is 0 Å². The van der Waals surface area contributed by atoms with Gasteiger partial charge >= 0.3 is 0 Å². The summed E-state index contributed by atoms with van der Waals surface area (Å²) in [7, 11) is 0. The van der Waals surface area contributed by atoms with Crippen LogP contribution >= 0.6 is 0 Å². The number of hydrogen-bond acceptors (Lipinski definition) is 3. The fourth-order valence-corrected chi connectivity index (χ4v) is 3.14. The molecule has 2 heterocycles. The summed E-state index contributed by atoms with van der Waals surface area (Å²) in [6, 6.07) is 3.39. The van der Waals surface area contributed by atoms with E-state index in [0.717, 1.165) is 6.07 Å². The Labute approximate surface area is 143 Å². The number of morpholine rings is 1. The highest BCUT2D eigenvalue weighted by atomic mass is 19.3. The van der Waals surface area contributed by atoms with Crippen LogP contribution in [0.4, 0.5) is 17.6 Å². The molecule has 1 atom stereocenters. The number of rotatable bonds is 3. The van der Waals surface area contributed by atoms with E-state index in [-0.39, 0.29) is 44.9 Å². The number of amides is 1. The fourth-order valence-electron chi connectivity index (χ4n) is 3.14. The molecule has 2 aliphatic rings. The molecule has 1 amide bonds. The lowest BCUT2D eigenvalue weighted by molar-refractivity contribution is -0.155. The Balaban J connectivity index is 1.58. The molecular formula is C17H20F4N2O2. The quantitative estimate of drug-likeness (QED) is 0.777. The van der Waals surface area contributed by atoms with Crippen LogP contribution < -0.4 is 0 Å². The number of halogens is 4. The highest BCUT2D eigenvalue weighted by Crippen LogP contribution is 2.28. The van der Waals surface area contributed by atoms with Crippen LogP contribution in [-0.4, -0.2) is 60.5 Å². The molecule has 0 aliphatic carbocycles. The van der Waals surface area contributed by atoms with Gasteiger partial charge in [-0.15, -0.1) is 0 Å². The van der Waals surface area contributed by atoms with Gasteiger partial charge in [-0.25, -0.2) is 17.6 Å². The number of benzene rings is 1. The first-order chi connectivity index (χ1) is 11.8. The minimum Gasteiger partial charge on any atom is -0.366 e. The predicted octanol–water partition coefficient (Wildman–Crippen LogP) is 2.42. The molecule has 0 N–H and O–H groups in total. The average Bonchev–Trinajstić information content (AvgIpc) is 2.57. The lowest BCUT2D eigenvalue weighted by Crippen LogP contribution is -2.53. The van der Waals surface area contributed by atoms with Crippen molar-refractivity contribution in [2.45, 2.75) is 31.4 Å². The second-order valence-corrected chi connectivity index (χ2v) is 6.51. The molecule has 3 rings (SSSR count). The van der Waals surface area contributed by atoms with Crippen molar-refractivity contribution >= 4 is 5.91 Å². The first-order valence-electron chi connectivity index (χ1n) is 8.28. The molecule has 0 bridgehead atoms. The van der Waals surface area contributed by atoms with Gasteiger partial charge in [0.1, 0.15) is 17.7 Å². The van der Waals surface area contributed by atoms with Crippen LogP contribution in [0.2, 0.25) is 0 Å². The molecule has 1 unspecified atom stereocenters. The summed E-state index contributed by atoms with van der Waals surface area (Å²) in [6.45, 7) is 1.32. The Morgan fingerprint density at radius 2 is 1.92 bits per heavy atom. The number of carbonyl (C=O) groups excluding carboxylic acids is 1. The van der Waals surface area contributed by atoms with Crippen molar-refractivity contribution in [2.24, 2.45) is 0 Å². The predicted molar refractivity (Wildman–Crippen MR) is 82.1 cm³/mol. The molecule has 8 heteroatoms. The molecule has 0 spiro atoms. The van der Waals surface area contributed by atoms with Crippen LogP contribution in [0.5, 0.6) is 0 Å². The van der Waals surface area contributed by atoms with E-state index in [1.54, 1.807) is 0 Å². The number of nitrogens with zero attached hydrogens (tertiary/aromatic N) is 2. The third kappa shape index (κ3) is 4.49. The second kappa shape index (κ2) is 7.29. The van der Waals surface area contributed by atoms with E-state index in [2.05, 4.69) is 0 Å². The minimum atomic E-state index is -2.71. The first kappa shape index (κ1) is 18.1. The lowest BCUT2D eigenvalue weighted by Gasteiger charge is -2.37. The van der Waals surface area contributed by atoms with Gasteiger partial charge in [-0.3, -0.25) is 9.69 Å². The molecule has 0 aromatic heterocycles. The average molecular weight is 360 g/mol. The van der Waals surface area contributed by atoms with Gasteiger partial charge in [-0.1, -0.05) is 6.07 Å². The van der Waals surface area contributed by atoms with Gasteiger partial charge in [0.25, 0.3) is 11.8 Å². The molecule has 1 aromatic rings. The van der Waals surface area contributed by atoms with Crippen molar-refractivity contribution in [3.63, 3.8) is 0 Å². The number of alkyl halides is 2. The van der Waals surface area contributed by atoms with Crippen LogP contribution in [-0.2, 0) is 16.1 Å². The zero-order valence-electron chi connectivity index (χ0n) is 13.7. The van der Waals surface area contributed by atoms with E-state index in [9.17, 15) is 22.4 Å². The summed E-state index contributed by atoms with van der Waals surface area (Å²) in [5.41, 5.74) is 0.340. The third-order valence-electron chi connectivity index (χ3n) is 4.64. The largest absolute Gasteiger partial charge is 0.366 e. The maximum atomic E-state index is 13.8. The Kier molecular flexibility index (Phi) is 5.29. The summed E-state index contributed by atoms with van der Waals surface area (Å²) < 4.78 is 58.7. The lowest BCUT2D eigenvalue weighted by atomic mass is 10.1. The van der Waals surface area contributed by atoms with Crippen molar-refractivity contribution in [1.82, 2.24) is 9.80 Å². The van der Waals surface area contributed by atoms with Gasteiger partial charge in [0.2, 0.25) is 0 Å². The van der Waals surface area contributed by atoms with Crippen molar-refractivity contribution in [3.8, 4) is 0 Å². The fraction of sp³-hybridized carbons (Fsp3) is 0.588. The van der Waals surface area contributed by atoms with E-state index in [1.165, 1.54) is 17.0 Å². The molecule has 0 saturated carbocycles. The van der Waals surface area contributed by atoms with Crippen LogP contribution in [0.1, 0.15) is 18.4 Å². The van der Waals surface area contributed by atoms with Crippen molar-refractivity contribution in [2.75, 3.05) is 32.8 Å². The van der Waals surface area contributed by atoms with Gasteiger partial charge in [0, 0.05) is 57.2 Å². The van der Waals surface area contributed by atoms with E-state index in [0.29, 0.717) is 18.7 Å². The van der Waals surface area contributed by atoms with Crippen LogP contribution in [0, 0.1) is 11.6 Å². The maximum Gasteiger partial charge on any atom is 0.253 e. The molecule has 0 radical (unpaired) electrons. The molecule has 2 saturated heterocycles. The smallest absolute Gasteiger partial charge is 0.253 e. The number of piperidine rings is 1. The van der Waals surface area contributed by atoms with E-state index in [4.69, 9.17) is 4.74 Å². The normalized spacial score (nSPS) is 24.3. The Bertz CT molecular complexity index is 631. The monoisotopic (exact) mass is 360 g/mol. The van der Waals surface area contributed by atoms with Crippen molar-refractivity contribution in [1.29, 1.82) is 0 Å². The number of ether oxygens (including phenoxy) is 1. The van der Waals surface area contributed by atoms with Crippen molar-refractivity contribution in [3.05, 3.63) is 35.4 Å². The van der Waals surface area contributed by atoms with Gasteiger partial charge in [-0.2, -0.15) is 0 Å². The Morgan fingerprint density at radius 1 is 1.20 bits per heavy atom. The second-order valence-electron chi connectivity index (χ2n) is 6.51. The van der Waals surface area contributed by atoms with Gasteiger partial charge in [0.05, 0.1) is 6.61 Å². The summed E-state index contributed by atoms with van der Waals surface area (Å²) in [4.78, 5) is 15.7. The zero-order valence-corrected chi connectivity index (χ0v) is 13.7. The Hall–Kier alpha value is -1.67. The highest BCUT2D eigenvalue weighted by Gasteiger charge is 2.38. The third-order valence-corrected chi connectivity index (χ3v) is 4.64. The summed E-state index contributed by atoms with van der Waals surface area (Å²) in [5, 5.41) is 0. The summed E-state index contributed by atoms with van der Waals surface area (Å²) >= 11 is 0. The van der Waals surface area contributed by atoms with Crippen molar-refractivity contribution < 1.29 is 27.1 Å². The molecular weight excluding hydrogens is 340 g/mol. The summed E-state index contributed by atoms with van der Waals surface area (Å²) in [6.07, 6.45) is -1.42. The molecule has 2 fully saturated rings. The number of carbonyl (C=O) groups is 1.